The molecule has 1 rings (SSSR count). The number of cyclic esters (lactones) is 1. The molecule has 0 aromatic carbocycles. The van der Waals surface area contributed by atoms with Crippen molar-refractivity contribution in [3.63, 3.8) is 0 Å². The highest BCUT2D eigenvalue weighted by atomic mass is 28.4. The van der Waals surface area contributed by atoms with Crippen LogP contribution in [0.2, 0.25) is 18.1 Å². The number of hydrogen-bond acceptors (Lipinski definition) is 3. The van der Waals surface area contributed by atoms with E-state index >= 15 is 0 Å². The maximum atomic E-state index is 11.3. The van der Waals surface area contributed by atoms with Crippen molar-refractivity contribution in [2.45, 2.75) is 70.9 Å². The first-order chi connectivity index (χ1) is 7.17. The van der Waals surface area contributed by atoms with E-state index in [-0.39, 0.29) is 23.2 Å². The molecule has 1 fully saturated rings. The number of esters is 1. The van der Waals surface area contributed by atoms with Crippen LogP contribution in [-0.4, -0.2) is 26.5 Å². The number of hydrogen-bond donors (Lipinski definition) is 0. The minimum atomic E-state index is -1.79. The third-order valence-corrected chi connectivity index (χ3v) is 8.22. The summed E-state index contributed by atoms with van der Waals surface area (Å²) in [5.74, 6) is -0.115. The summed E-state index contributed by atoms with van der Waals surface area (Å²) in [5.41, 5.74) is 0. The van der Waals surface area contributed by atoms with E-state index in [0.29, 0.717) is 6.42 Å². The Balaban J connectivity index is 2.70. The summed E-state index contributed by atoms with van der Waals surface area (Å²) in [5, 5.41) is 0.178. The van der Waals surface area contributed by atoms with Gasteiger partial charge >= 0.3 is 5.97 Å². The fourth-order valence-corrected chi connectivity index (χ4v) is 2.95. The van der Waals surface area contributed by atoms with Gasteiger partial charge in [0.25, 0.3) is 0 Å². The molecule has 0 spiro atoms. The highest BCUT2D eigenvalue weighted by Crippen LogP contribution is 2.39. The van der Waals surface area contributed by atoms with Gasteiger partial charge in [-0.15, -0.1) is 0 Å². The molecule has 94 valence electrons. The van der Waals surface area contributed by atoms with Crippen LogP contribution < -0.4 is 0 Å². The molecular weight excluding hydrogens is 220 g/mol. The van der Waals surface area contributed by atoms with Gasteiger partial charge in [0.2, 0.25) is 0 Å². The minimum absolute atomic E-state index is 0.0293. The van der Waals surface area contributed by atoms with Gasteiger partial charge < -0.3 is 9.16 Å². The number of carbonyl (C=O) groups is 1. The topological polar surface area (TPSA) is 35.5 Å². The lowest BCUT2D eigenvalue weighted by Gasteiger charge is -2.38. The molecule has 0 amide bonds. The molecule has 0 N–H and O–H groups in total. The lowest BCUT2D eigenvalue weighted by Crippen LogP contribution is -2.45. The Kier molecular flexibility index (Phi) is 3.85. The molecule has 0 bridgehead atoms. The lowest BCUT2D eigenvalue weighted by atomic mass is 10.1. The maximum Gasteiger partial charge on any atom is 0.308 e. The van der Waals surface area contributed by atoms with Crippen molar-refractivity contribution in [2.24, 2.45) is 0 Å². The predicted molar refractivity (Wildman–Crippen MR) is 66.9 cm³/mol. The molecule has 1 saturated heterocycles. The van der Waals surface area contributed by atoms with Crippen molar-refractivity contribution in [3.8, 4) is 0 Å². The van der Waals surface area contributed by atoms with Crippen LogP contribution in [0.5, 0.6) is 0 Å². The number of carbonyl (C=O) groups excluding carboxylic acids is 1. The zero-order chi connectivity index (χ0) is 12.6. The van der Waals surface area contributed by atoms with E-state index in [4.69, 9.17) is 9.16 Å². The van der Waals surface area contributed by atoms with E-state index in [1.54, 1.807) is 0 Å². The molecule has 16 heavy (non-hydrogen) atoms. The summed E-state index contributed by atoms with van der Waals surface area (Å²) < 4.78 is 11.5. The molecule has 2 atom stereocenters. The van der Waals surface area contributed by atoms with Crippen LogP contribution in [0, 0.1) is 0 Å². The average molecular weight is 244 g/mol. The zero-order valence-corrected chi connectivity index (χ0v) is 12.3. The van der Waals surface area contributed by atoms with Gasteiger partial charge in [0, 0.05) is 0 Å². The van der Waals surface area contributed by atoms with Gasteiger partial charge in [-0.05, 0) is 24.6 Å². The lowest BCUT2D eigenvalue weighted by molar-refractivity contribution is -0.141. The first-order valence-electron chi connectivity index (χ1n) is 6.04. The SMILES string of the molecule is CC[C@H]1OC(=O)C[C@H]1O[Si](C)(C)C(C)(C)C. The highest BCUT2D eigenvalue weighted by Gasteiger charge is 2.44. The van der Waals surface area contributed by atoms with E-state index < -0.39 is 8.32 Å². The van der Waals surface area contributed by atoms with Crippen molar-refractivity contribution >= 4 is 14.3 Å². The Bertz CT molecular complexity index is 268. The van der Waals surface area contributed by atoms with Crippen molar-refractivity contribution in [3.05, 3.63) is 0 Å². The van der Waals surface area contributed by atoms with Gasteiger partial charge in [-0.2, -0.15) is 0 Å². The summed E-state index contributed by atoms with van der Waals surface area (Å²) >= 11 is 0. The van der Waals surface area contributed by atoms with Crippen molar-refractivity contribution in [1.29, 1.82) is 0 Å². The quantitative estimate of drug-likeness (QED) is 0.565. The fourth-order valence-electron chi connectivity index (χ4n) is 1.61. The predicted octanol–water partition coefficient (Wildman–Crippen LogP) is 3.10. The Morgan fingerprint density at radius 3 is 2.44 bits per heavy atom. The molecule has 0 aromatic heterocycles. The van der Waals surface area contributed by atoms with Crippen LogP contribution in [0.3, 0.4) is 0 Å². The van der Waals surface area contributed by atoms with Crippen LogP contribution in [0.15, 0.2) is 0 Å². The molecule has 0 radical (unpaired) electrons. The monoisotopic (exact) mass is 244 g/mol. The summed E-state index contributed by atoms with van der Waals surface area (Å²) in [6.07, 6.45) is 1.19. The summed E-state index contributed by atoms with van der Waals surface area (Å²) in [4.78, 5) is 11.3. The second-order valence-corrected chi connectivity index (χ2v) is 10.8. The van der Waals surface area contributed by atoms with Gasteiger partial charge in [0.05, 0.1) is 12.5 Å². The molecule has 1 aliphatic heterocycles. The van der Waals surface area contributed by atoms with Crippen molar-refractivity contribution in [1.82, 2.24) is 0 Å². The number of rotatable bonds is 3. The Morgan fingerprint density at radius 1 is 1.44 bits per heavy atom. The van der Waals surface area contributed by atoms with Crippen molar-refractivity contribution in [2.75, 3.05) is 0 Å². The van der Waals surface area contributed by atoms with Gasteiger partial charge in [-0.1, -0.05) is 27.7 Å². The first-order valence-corrected chi connectivity index (χ1v) is 8.95. The highest BCUT2D eigenvalue weighted by molar-refractivity contribution is 6.74. The van der Waals surface area contributed by atoms with E-state index in [2.05, 4.69) is 33.9 Å². The third-order valence-electron chi connectivity index (χ3n) is 3.72. The molecule has 3 nitrogen and oxygen atoms in total. The Hall–Kier alpha value is -0.353. The Labute approximate surface area is 99.6 Å². The van der Waals surface area contributed by atoms with E-state index in [1.165, 1.54) is 0 Å². The zero-order valence-electron chi connectivity index (χ0n) is 11.3. The largest absolute Gasteiger partial charge is 0.460 e. The standard InChI is InChI=1S/C12H24O3Si/c1-7-9-10(8-11(13)14-9)15-16(5,6)12(2,3)4/h9-10H,7-8H2,1-6H3/t9-,10-/m1/s1. The molecule has 0 unspecified atom stereocenters. The third kappa shape index (κ3) is 2.86. The molecule has 4 heteroatoms. The van der Waals surface area contributed by atoms with E-state index in [0.717, 1.165) is 6.42 Å². The second kappa shape index (κ2) is 4.49. The van der Waals surface area contributed by atoms with Gasteiger partial charge in [0.15, 0.2) is 8.32 Å². The molecule has 0 aliphatic carbocycles. The second-order valence-electron chi connectivity index (χ2n) is 6.06. The fraction of sp³-hybridized carbons (Fsp3) is 0.917. The van der Waals surface area contributed by atoms with Gasteiger partial charge in [0.1, 0.15) is 6.10 Å². The molecular formula is C12H24O3Si. The minimum Gasteiger partial charge on any atom is -0.460 e. The summed E-state index contributed by atoms with van der Waals surface area (Å²) in [7, 11) is -1.79. The summed E-state index contributed by atoms with van der Waals surface area (Å²) in [6, 6.07) is 0. The average Bonchev–Trinajstić information content (AvgIpc) is 2.43. The van der Waals surface area contributed by atoms with Crippen LogP contribution >= 0.6 is 0 Å². The number of ether oxygens (including phenoxy) is 1. The van der Waals surface area contributed by atoms with Crippen LogP contribution in [0.25, 0.3) is 0 Å². The smallest absolute Gasteiger partial charge is 0.308 e. The molecule has 1 heterocycles. The van der Waals surface area contributed by atoms with Crippen LogP contribution in [0.4, 0.5) is 0 Å². The van der Waals surface area contributed by atoms with Crippen LogP contribution in [0.1, 0.15) is 40.5 Å². The Morgan fingerprint density at radius 2 is 2.00 bits per heavy atom. The molecule has 1 aliphatic rings. The van der Waals surface area contributed by atoms with E-state index in [1.807, 2.05) is 6.92 Å². The van der Waals surface area contributed by atoms with Crippen LogP contribution in [-0.2, 0) is 14.0 Å². The van der Waals surface area contributed by atoms with Gasteiger partial charge in [-0.25, -0.2) is 0 Å². The van der Waals surface area contributed by atoms with E-state index in [9.17, 15) is 4.79 Å². The maximum absolute atomic E-state index is 11.3. The normalized spacial score (nSPS) is 27.0. The summed E-state index contributed by atoms with van der Waals surface area (Å²) in [6.45, 7) is 13.1. The van der Waals surface area contributed by atoms with Gasteiger partial charge in [-0.3, -0.25) is 4.79 Å². The molecule has 0 saturated carbocycles. The molecule has 0 aromatic rings. The first kappa shape index (κ1) is 13.7. The van der Waals surface area contributed by atoms with Crippen molar-refractivity contribution < 1.29 is 14.0 Å².